The lowest BCUT2D eigenvalue weighted by Crippen LogP contribution is -2.52. The van der Waals surface area contributed by atoms with Crippen LogP contribution in [-0.2, 0) is 0 Å². The van der Waals surface area contributed by atoms with Crippen LogP contribution in [-0.4, -0.2) is 30.1 Å². The van der Waals surface area contributed by atoms with Crippen molar-refractivity contribution in [1.29, 1.82) is 0 Å². The van der Waals surface area contributed by atoms with E-state index < -0.39 is 0 Å². The van der Waals surface area contributed by atoms with Crippen LogP contribution in [0.2, 0.25) is 0 Å². The van der Waals surface area contributed by atoms with Gasteiger partial charge in [-0.1, -0.05) is 19.9 Å². The molecule has 0 aromatic heterocycles. The number of nitrogens with two attached hydrogens (primary N) is 1. The van der Waals surface area contributed by atoms with Gasteiger partial charge in [0.2, 0.25) is 0 Å². The molecule has 1 saturated carbocycles. The number of anilines is 1. The largest absolute Gasteiger partial charge is 0.345 e. The van der Waals surface area contributed by atoms with Gasteiger partial charge >= 0.3 is 6.03 Å². The zero-order valence-corrected chi connectivity index (χ0v) is 13.8. The molecule has 1 fully saturated rings. The van der Waals surface area contributed by atoms with E-state index in [-0.39, 0.29) is 17.5 Å². The van der Waals surface area contributed by atoms with Crippen LogP contribution in [0.1, 0.15) is 49.9 Å². The molecule has 3 amide bonds. The number of amides is 3. The molecular formula is C17H26N4O2. The predicted octanol–water partition coefficient (Wildman–Crippen LogP) is 2.22. The SMILES string of the molecule is CCC(CC)(CN)NC(=O)c1cccc(NC(=O)NC2CC2)c1. The highest BCUT2D eigenvalue weighted by atomic mass is 16.2. The average molecular weight is 318 g/mol. The molecule has 2 rings (SSSR count). The first-order valence-electron chi connectivity index (χ1n) is 8.22. The summed E-state index contributed by atoms with van der Waals surface area (Å²) in [5.74, 6) is -0.176. The Hall–Kier alpha value is -2.08. The Labute approximate surface area is 137 Å². The smallest absolute Gasteiger partial charge is 0.319 e. The molecule has 0 aliphatic heterocycles. The van der Waals surface area contributed by atoms with Crippen LogP contribution in [0.15, 0.2) is 24.3 Å². The fourth-order valence-corrected chi connectivity index (χ4v) is 2.40. The second-order valence-electron chi connectivity index (χ2n) is 6.10. The lowest BCUT2D eigenvalue weighted by atomic mass is 9.92. The van der Waals surface area contributed by atoms with Gasteiger partial charge in [-0.05, 0) is 43.9 Å². The molecule has 1 aromatic carbocycles. The lowest BCUT2D eigenvalue weighted by Gasteiger charge is -2.31. The molecule has 0 radical (unpaired) electrons. The highest BCUT2D eigenvalue weighted by Gasteiger charge is 2.27. The number of hydrogen-bond acceptors (Lipinski definition) is 3. The molecule has 5 N–H and O–H groups in total. The second-order valence-corrected chi connectivity index (χ2v) is 6.10. The van der Waals surface area contributed by atoms with Crippen molar-refractivity contribution in [3.8, 4) is 0 Å². The van der Waals surface area contributed by atoms with Crippen molar-refractivity contribution in [1.82, 2.24) is 10.6 Å². The highest BCUT2D eigenvalue weighted by molar-refractivity contribution is 5.97. The zero-order chi connectivity index (χ0) is 16.9. The lowest BCUT2D eigenvalue weighted by molar-refractivity contribution is 0.0895. The second kappa shape index (κ2) is 7.46. The number of nitrogens with one attached hydrogen (secondary N) is 3. The molecular weight excluding hydrogens is 292 g/mol. The molecule has 0 spiro atoms. The Balaban J connectivity index is 2.02. The van der Waals surface area contributed by atoms with E-state index in [1.54, 1.807) is 24.3 Å². The Morgan fingerprint density at radius 2 is 1.96 bits per heavy atom. The summed E-state index contributed by atoms with van der Waals surface area (Å²) in [7, 11) is 0. The van der Waals surface area contributed by atoms with Crippen molar-refractivity contribution in [3.05, 3.63) is 29.8 Å². The van der Waals surface area contributed by atoms with Crippen LogP contribution in [0.4, 0.5) is 10.5 Å². The predicted molar refractivity (Wildman–Crippen MR) is 91.5 cm³/mol. The Morgan fingerprint density at radius 1 is 1.26 bits per heavy atom. The summed E-state index contributed by atoms with van der Waals surface area (Å²) < 4.78 is 0. The number of carbonyl (C=O) groups excluding carboxylic acids is 2. The molecule has 126 valence electrons. The van der Waals surface area contributed by atoms with Crippen molar-refractivity contribution in [2.75, 3.05) is 11.9 Å². The third kappa shape index (κ3) is 4.69. The monoisotopic (exact) mass is 318 g/mol. The molecule has 0 unspecified atom stereocenters. The van der Waals surface area contributed by atoms with Crippen molar-refractivity contribution in [2.45, 2.75) is 51.1 Å². The number of carbonyl (C=O) groups is 2. The van der Waals surface area contributed by atoms with Gasteiger partial charge in [0.25, 0.3) is 5.91 Å². The Bertz CT molecular complexity index is 557. The molecule has 1 aromatic rings. The first-order chi connectivity index (χ1) is 11.0. The molecule has 23 heavy (non-hydrogen) atoms. The van der Waals surface area contributed by atoms with E-state index >= 15 is 0 Å². The van der Waals surface area contributed by atoms with Crippen LogP contribution >= 0.6 is 0 Å². The maximum absolute atomic E-state index is 12.5. The van der Waals surface area contributed by atoms with E-state index in [0.717, 1.165) is 25.7 Å². The van der Waals surface area contributed by atoms with E-state index in [1.807, 2.05) is 13.8 Å². The van der Waals surface area contributed by atoms with Crippen molar-refractivity contribution >= 4 is 17.6 Å². The maximum Gasteiger partial charge on any atom is 0.319 e. The summed E-state index contributed by atoms with van der Waals surface area (Å²) in [6.07, 6.45) is 3.61. The van der Waals surface area contributed by atoms with Crippen molar-refractivity contribution in [2.24, 2.45) is 5.73 Å². The minimum absolute atomic E-state index is 0.176. The average Bonchev–Trinajstić information content (AvgIpc) is 3.36. The maximum atomic E-state index is 12.5. The van der Waals surface area contributed by atoms with Crippen LogP contribution in [0.25, 0.3) is 0 Å². The van der Waals surface area contributed by atoms with Gasteiger partial charge in [-0.15, -0.1) is 0 Å². The van der Waals surface area contributed by atoms with Crippen LogP contribution in [0.5, 0.6) is 0 Å². The van der Waals surface area contributed by atoms with E-state index in [9.17, 15) is 9.59 Å². The fourth-order valence-electron chi connectivity index (χ4n) is 2.40. The number of benzene rings is 1. The van der Waals surface area contributed by atoms with Crippen LogP contribution in [0.3, 0.4) is 0 Å². The van der Waals surface area contributed by atoms with Crippen molar-refractivity contribution < 1.29 is 9.59 Å². The summed E-state index contributed by atoms with van der Waals surface area (Å²) in [5, 5.41) is 8.63. The number of urea groups is 1. The molecule has 1 aliphatic carbocycles. The van der Waals surface area contributed by atoms with Gasteiger partial charge in [-0.3, -0.25) is 4.79 Å². The third-order valence-electron chi connectivity index (χ3n) is 4.42. The van der Waals surface area contributed by atoms with Gasteiger partial charge < -0.3 is 21.7 Å². The number of hydrogen-bond donors (Lipinski definition) is 4. The molecule has 6 nitrogen and oxygen atoms in total. The standard InChI is InChI=1S/C17H26N4O2/c1-3-17(4-2,11-18)21-15(22)12-6-5-7-14(10-12)20-16(23)19-13-8-9-13/h5-7,10,13H,3-4,8-9,11,18H2,1-2H3,(H,21,22)(H2,19,20,23). The minimum Gasteiger partial charge on any atom is -0.345 e. The third-order valence-corrected chi connectivity index (χ3v) is 4.42. The quantitative estimate of drug-likeness (QED) is 0.620. The normalized spacial score (nSPS) is 14.2. The van der Waals surface area contributed by atoms with Crippen molar-refractivity contribution in [3.63, 3.8) is 0 Å². The van der Waals surface area contributed by atoms with Gasteiger partial charge in [-0.25, -0.2) is 4.79 Å². The van der Waals surface area contributed by atoms with Gasteiger partial charge in [0.05, 0.1) is 5.54 Å². The van der Waals surface area contributed by atoms with E-state index in [4.69, 9.17) is 5.73 Å². The van der Waals surface area contributed by atoms with Crippen LogP contribution < -0.4 is 21.7 Å². The number of rotatable bonds is 7. The summed E-state index contributed by atoms with van der Waals surface area (Å²) >= 11 is 0. The van der Waals surface area contributed by atoms with E-state index in [2.05, 4.69) is 16.0 Å². The first-order valence-corrected chi connectivity index (χ1v) is 8.22. The molecule has 0 atom stereocenters. The Morgan fingerprint density at radius 3 is 2.52 bits per heavy atom. The van der Waals surface area contributed by atoms with Crippen LogP contribution in [0, 0.1) is 0 Å². The molecule has 6 heteroatoms. The highest BCUT2D eigenvalue weighted by Crippen LogP contribution is 2.19. The zero-order valence-electron chi connectivity index (χ0n) is 13.8. The molecule has 0 saturated heterocycles. The summed E-state index contributed by atoms with van der Waals surface area (Å²) in [6, 6.07) is 6.98. The topological polar surface area (TPSA) is 96.2 Å². The summed E-state index contributed by atoms with van der Waals surface area (Å²) in [4.78, 5) is 24.2. The van der Waals surface area contributed by atoms with Gasteiger partial charge in [0.15, 0.2) is 0 Å². The van der Waals surface area contributed by atoms with E-state index in [0.29, 0.717) is 23.8 Å². The summed E-state index contributed by atoms with van der Waals surface area (Å²) in [6.45, 7) is 4.42. The van der Waals surface area contributed by atoms with E-state index in [1.165, 1.54) is 0 Å². The van der Waals surface area contributed by atoms with Gasteiger partial charge in [0.1, 0.15) is 0 Å². The van der Waals surface area contributed by atoms with Gasteiger partial charge in [0, 0.05) is 23.8 Å². The fraction of sp³-hybridized carbons (Fsp3) is 0.529. The molecule has 0 heterocycles. The summed E-state index contributed by atoms with van der Waals surface area (Å²) in [5.41, 5.74) is 6.55. The molecule has 1 aliphatic rings. The molecule has 0 bridgehead atoms. The van der Waals surface area contributed by atoms with Gasteiger partial charge in [-0.2, -0.15) is 0 Å². The first kappa shape index (κ1) is 17.3. The minimum atomic E-state index is -0.385. The Kier molecular flexibility index (Phi) is 5.60.